The number of halogens is 5. The Morgan fingerprint density at radius 2 is 1.90 bits per heavy atom. The summed E-state index contributed by atoms with van der Waals surface area (Å²) in [6, 6.07) is 7.55. The van der Waals surface area contributed by atoms with Crippen molar-refractivity contribution < 1.29 is 17.6 Å². The number of aliphatic imine (C=N–C) groups is 1. The van der Waals surface area contributed by atoms with Crippen LogP contribution in [0.3, 0.4) is 0 Å². The average molecular weight is 526 g/mol. The standard InChI is InChI=1S/C19H22F4N4O.HI/c1-24-18(25-9-3-5-11-27-10-4-2-6-17(27)28)26-13-14-7-8-15(20)12-16(14)19(21,22)23;/h2,4,6-8,10,12H,3,5,9,11,13H2,1H3,(H2,24,25,26);1H. The van der Waals surface area contributed by atoms with Crippen LogP contribution in [-0.4, -0.2) is 24.1 Å². The number of hydrogen-bond donors (Lipinski definition) is 2. The summed E-state index contributed by atoms with van der Waals surface area (Å²) in [6.07, 6.45) is -1.42. The highest BCUT2D eigenvalue weighted by Gasteiger charge is 2.33. The van der Waals surface area contributed by atoms with Gasteiger partial charge in [0, 0.05) is 38.9 Å². The van der Waals surface area contributed by atoms with Crippen molar-refractivity contribution in [2.75, 3.05) is 13.6 Å². The summed E-state index contributed by atoms with van der Waals surface area (Å²) >= 11 is 0. The third kappa shape index (κ3) is 8.03. The van der Waals surface area contributed by atoms with Gasteiger partial charge in [-0.05, 0) is 36.6 Å². The summed E-state index contributed by atoms with van der Waals surface area (Å²) in [7, 11) is 1.51. The second-order valence-corrected chi connectivity index (χ2v) is 6.09. The third-order valence-electron chi connectivity index (χ3n) is 4.06. The number of guanidine groups is 1. The third-order valence-corrected chi connectivity index (χ3v) is 4.06. The zero-order valence-corrected chi connectivity index (χ0v) is 18.1. The van der Waals surface area contributed by atoms with Crippen LogP contribution in [0.2, 0.25) is 0 Å². The molecular weight excluding hydrogens is 503 g/mol. The van der Waals surface area contributed by atoms with Crippen molar-refractivity contribution in [2.45, 2.75) is 32.1 Å². The molecule has 5 nitrogen and oxygen atoms in total. The Balaban J connectivity index is 0.00000420. The number of alkyl halides is 3. The molecule has 160 valence electrons. The van der Waals surface area contributed by atoms with Crippen LogP contribution in [0.5, 0.6) is 0 Å². The van der Waals surface area contributed by atoms with Gasteiger partial charge in [-0.2, -0.15) is 13.2 Å². The van der Waals surface area contributed by atoms with Crippen molar-refractivity contribution in [3.05, 3.63) is 69.9 Å². The normalized spacial score (nSPS) is 11.7. The number of benzene rings is 1. The predicted octanol–water partition coefficient (Wildman–Crippen LogP) is 3.77. The van der Waals surface area contributed by atoms with E-state index in [2.05, 4.69) is 15.6 Å². The van der Waals surface area contributed by atoms with Gasteiger partial charge in [0.05, 0.1) is 5.56 Å². The zero-order valence-electron chi connectivity index (χ0n) is 15.8. The molecule has 29 heavy (non-hydrogen) atoms. The molecule has 1 aromatic heterocycles. The molecule has 0 spiro atoms. The van der Waals surface area contributed by atoms with E-state index in [-0.39, 0.29) is 41.6 Å². The Morgan fingerprint density at radius 3 is 2.55 bits per heavy atom. The van der Waals surface area contributed by atoms with Crippen LogP contribution in [0, 0.1) is 5.82 Å². The van der Waals surface area contributed by atoms with Crippen LogP contribution in [0.4, 0.5) is 17.6 Å². The summed E-state index contributed by atoms with van der Waals surface area (Å²) in [6.45, 7) is 0.975. The van der Waals surface area contributed by atoms with E-state index in [1.54, 1.807) is 22.9 Å². The zero-order chi connectivity index (χ0) is 20.6. The number of hydrogen-bond acceptors (Lipinski definition) is 2. The molecule has 0 fully saturated rings. The first-order chi connectivity index (χ1) is 13.3. The molecule has 0 saturated carbocycles. The first-order valence-electron chi connectivity index (χ1n) is 8.77. The van der Waals surface area contributed by atoms with Crippen molar-refractivity contribution in [3.63, 3.8) is 0 Å². The lowest BCUT2D eigenvalue weighted by Crippen LogP contribution is -2.37. The lowest BCUT2D eigenvalue weighted by Gasteiger charge is -2.16. The Morgan fingerprint density at radius 1 is 1.14 bits per heavy atom. The molecule has 1 heterocycles. The summed E-state index contributed by atoms with van der Waals surface area (Å²) < 4.78 is 53.8. The fraction of sp³-hybridized carbons (Fsp3) is 0.368. The smallest absolute Gasteiger partial charge is 0.356 e. The number of aryl methyl sites for hydroxylation is 1. The quantitative estimate of drug-likeness (QED) is 0.190. The highest BCUT2D eigenvalue weighted by atomic mass is 127. The minimum absolute atomic E-state index is 0. The van der Waals surface area contributed by atoms with E-state index in [0.717, 1.165) is 25.0 Å². The molecule has 2 aromatic rings. The number of pyridine rings is 1. The second kappa shape index (κ2) is 11.8. The molecule has 0 unspecified atom stereocenters. The maximum atomic E-state index is 13.2. The average Bonchev–Trinajstić information content (AvgIpc) is 2.65. The Bertz CT molecular complexity index is 868. The van der Waals surface area contributed by atoms with Gasteiger partial charge >= 0.3 is 6.18 Å². The van der Waals surface area contributed by atoms with E-state index < -0.39 is 17.6 Å². The molecule has 10 heteroatoms. The molecule has 1 aromatic carbocycles. The number of rotatable bonds is 7. The van der Waals surface area contributed by atoms with E-state index in [1.807, 2.05) is 0 Å². The summed E-state index contributed by atoms with van der Waals surface area (Å²) in [4.78, 5) is 15.6. The van der Waals surface area contributed by atoms with Gasteiger partial charge in [0.2, 0.25) is 5.56 Å². The van der Waals surface area contributed by atoms with E-state index in [4.69, 9.17) is 0 Å². The Hall–Kier alpha value is -2.11. The molecule has 2 rings (SSSR count). The van der Waals surface area contributed by atoms with Gasteiger partial charge < -0.3 is 15.2 Å². The SMILES string of the molecule is CN=C(NCCCCn1ccccc1=O)NCc1ccc(F)cc1C(F)(F)F.I. The molecule has 0 radical (unpaired) electrons. The van der Waals surface area contributed by atoms with E-state index >= 15 is 0 Å². The summed E-state index contributed by atoms with van der Waals surface area (Å²) in [5, 5.41) is 5.80. The van der Waals surface area contributed by atoms with Crippen LogP contribution < -0.4 is 16.2 Å². The van der Waals surface area contributed by atoms with E-state index in [1.165, 1.54) is 13.1 Å². The summed E-state index contributed by atoms with van der Waals surface area (Å²) in [5.41, 5.74) is -1.14. The monoisotopic (exact) mass is 526 g/mol. The molecule has 0 aliphatic carbocycles. The van der Waals surface area contributed by atoms with Crippen molar-refractivity contribution in [1.82, 2.24) is 15.2 Å². The van der Waals surface area contributed by atoms with Crippen molar-refractivity contribution in [1.29, 1.82) is 0 Å². The molecule has 0 aliphatic heterocycles. The van der Waals surface area contributed by atoms with Gasteiger partial charge in [-0.3, -0.25) is 9.79 Å². The second-order valence-electron chi connectivity index (χ2n) is 6.09. The highest BCUT2D eigenvalue weighted by Crippen LogP contribution is 2.32. The minimum atomic E-state index is -4.63. The predicted molar refractivity (Wildman–Crippen MR) is 115 cm³/mol. The number of aromatic nitrogens is 1. The number of nitrogens with one attached hydrogen (secondary N) is 2. The van der Waals surface area contributed by atoms with Crippen LogP contribution in [0.15, 0.2) is 52.4 Å². The fourth-order valence-corrected chi connectivity index (χ4v) is 2.63. The van der Waals surface area contributed by atoms with Gasteiger partial charge in [0.1, 0.15) is 5.82 Å². The van der Waals surface area contributed by atoms with Crippen LogP contribution >= 0.6 is 24.0 Å². The lowest BCUT2D eigenvalue weighted by atomic mass is 10.1. The molecular formula is C19H23F4IN4O. The summed E-state index contributed by atoms with van der Waals surface area (Å²) in [5.74, 6) is -0.592. The van der Waals surface area contributed by atoms with Gasteiger partial charge in [0.15, 0.2) is 5.96 Å². The van der Waals surface area contributed by atoms with Crippen molar-refractivity contribution >= 4 is 29.9 Å². The highest BCUT2D eigenvalue weighted by molar-refractivity contribution is 14.0. The van der Waals surface area contributed by atoms with Gasteiger partial charge in [-0.1, -0.05) is 12.1 Å². The van der Waals surface area contributed by atoms with Crippen molar-refractivity contribution in [3.8, 4) is 0 Å². The number of nitrogens with zero attached hydrogens (tertiary/aromatic N) is 2. The molecule has 0 aliphatic rings. The van der Waals surface area contributed by atoms with Gasteiger partial charge in [-0.25, -0.2) is 4.39 Å². The van der Waals surface area contributed by atoms with E-state index in [0.29, 0.717) is 25.1 Å². The molecule has 0 bridgehead atoms. The Labute approximate surface area is 183 Å². The molecule has 0 atom stereocenters. The number of unbranched alkanes of at least 4 members (excludes halogenated alkanes) is 1. The first-order valence-corrected chi connectivity index (χ1v) is 8.77. The van der Waals surface area contributed by atoms with Gasteiger partial charge in [0.25, 0.3) is 0 Å². The maximum Gasteiger partial charge on any atom is 0.416 e. The topological polar surface area (TPSA) is 58.4 Å². The molecule has 0 saturated heterocycles. The largest absolute Gasteiger partial charge is 0.416 e. The van der Waals surface area contributed by atoms with Crippen LogP contribution in [0.25, 0.3) is 0 Å². The van der Waals surface area contributed by atoms with Crippen molar-refractivity contribution in [2.24, 2.45) is 4.99 Å². The van der Waals surface area contributed by atoms with Crippen LogP contribution in [-0.2, 0) is 19.3 Å². The van der Waals surface area contributed by atoms with Crippen LogP contribution in [0.1, 0.15) is 24.0 Å². The fourth-order valence-electron chi connectivity index (χ4n) is 2.63. The lowest BCUT2D eigenvalue weighted by molar-refractivity contribution is -0.138. The van der Waals surface area contributed by atoms with Gasteiger partial charge in [-0.15, -0.1) is 24.0 Å². The molecule has 2 N–H and O–H groups in total. The minimum Gasteiger partial charge on any atom is -0.356 e. The molecule has 0 amide bonds. The Kier molecular flexibility index (Phi) is 10.1. The maximum absolute atomic E-state index is 13.2. The first kappa shape index (κ1) is 24.9. The van der Waals surface area contributed by atoms with E-state index in [9.17, 15) is 22.4 Å².